The largest absolute Gasteiger partial charge is 0.300 e. The molecule has 1 rings (SSSR count). The molecule has 1 unspecified atom stereocenters. The number of hydrogen-bond acceptors (Lipinski definition) is 3. The van der Waals surface area contributed by atoms with E-state index in [-0.39, 0.29) is 0 Å². The Morgan fingerprint density at radius 1 is 1.40 bits per heavy atom. The molecule has 1 fully saturated rings. The lowest BCUT2D eigenvalue weighted by Gasteiger charge is -2.19. The van der Waals surface area contributed by atoms with Crippen molar-refractivity contribution >= 4 is 19.7 Å². The topological polar surface area (TPSA) is 46.2 Å². The number of nitrogens with one attached hydrogen (secondary N) is 1. The van der Waals surface area contributed by atoms with Crippen LogP contribution < -0.4 is 5.32 Å². The van der Waals surface area contributed by atoms with Crippen LogP contribution in [0.4, 0.5) is 0 Å². The van der Waals surface area contributed by atoms with E-state index in [4.69, 9.17) is 10.7 Å². The van der Waals surface area contributed by atoms with Crippen LogP contribution in [0.25, 0.3) is 0 Å². The average molecular weight is 184 g/mol. The molecule has 0 radical (unpaired) electrons. The molecule has 1 aliphatic heterocycles. The molecule has 1 heterocycles. The highest BCUT2D eigenvalue weighted by Crippen LogP contribution is 2.15. The van der Waals surface area contributed by atoms with Crippen molar-refractivity contribution in [1.82, 2.24) is 5.32 Å². The third-order valence-corrected chi connectivity index (χ3v) is 3.33. The van der Waals surface area contributed by atoms with E-state index in [9.17, 15) is 8.42 Å². The Balaban J connectivity index is 2.56. The summed E-state index contributed by atoms with van der Waals surface area (Å²) in [4.78, 5) is 0. The molecule has 5 heteroatoms. The molecule has 1 N–H and O–H groups in total. The van der Waals surface area contributed by atoms with Gasteiger partial charge in [0.25, 0.3) is 0 Å². The molecule has 1 atom stereocenters. The van der Waals surface area contributed by atoms with Crippen LogP contribution >= 0.6 is 10.7 Å². The molecule has 10 heavy (non-hydrogen) atoms. The fourth-order valence-electron chi connectivity index (χ4n) is 1.06. The van der Waals surface area contributed by atoms with Gasteiger partial charge in [0, 0.05) is 10.7 Å². The van der Waals surface area contributed by atoms with Gasteiger partial charge in [0.05, 0.1) is 0 Å². The first kappa shape index (κ1) is 8.30. The van der Waals surface area contributed by atoms with Gasteiger partial charge in [-0.05, 0) is 25.8 Å². The van der Waals surface area contributed by atoms with E-state index in [2.05, 4.69) is 5.32 Å². The van der Waals surface area contributed by atoms with Crippen LogP contribution in [0.2, 0.25) is 0 Å². The summed E-state index contributed by atoms with van der Waals surface area (Å²) < 4.78 is 21.4. The second kappa shape index (κ2) is 3.07. The molecule has 0 amide bonds. The first-order valence-electron chi connectivity index (χ1n) is 3.27. The molecule has 0 saturated carbocycles. The monoisotopic (exact) mass is 183 g/mol. The minimum absolute atomic E-state index is 0.511. The molecule has 3 nitrogen and oxygen atoms in total. The van der Waals surface area contributed by atoms with Crippen LogP contribution in [0.15, 0.2) is 0 Å². The maximum atomic E-state index is 10.7. The van der Waals surface area contributed by atoms with Crippen molar-refractivity contribution in [1.29, 1.82) is 0 Å². The van der Waals surface area contributed by atoms with Gasteiger partial charge >= 0.3 is 0 Å². The average Bonchev–Trinajstić information content (AvgIpc) is 1.88. The van der Waals surface area contributed by atoms with Gasteiger partial charge in [0.15, 0.2) is 0 Å². The zero-order valence-corrected chi connectivity index (χ0v) is 7.08. The van der Waals surface area contributed by atoms with E-state index >= 15 is 0 Å². The Labute approximate surface area is 65.2 Å². The van der Waals surface area contributed by atoms with Crippen LogP contribution in [0.5, 0.6) is 0 Å². The molecular formula is C5H10ClNO2S. The predicted octanol–water partition coefficient (Wildman–Crippen LogP) is 0.655. The van der Waals surface area contributed by atoms with E-state index in [0.29, 0.717) is 6.42 Å². The summed E-state index contributed by atoms with van der Waals surface area (Å²) >= 11 is 0. The lowest BCUT2D eigenvalue weighted by molar-refractivity contribution is 0.467. The third-order valence-electron chi connectivity index (χ3n) is 1.60. The second-order valence-electron chi connectivity index (χ2n) is 2.41. The molecule has 0 aliphatic carbocycles. The van der Waals surface area contributed by atoms with Gasteiger partial charge in [-0.25, -0.2) is 8.42 Å². The van der Waals surface area contributed by atoms with Gasteiger partial charge in [0.1, 0.15) is 5.37 Å². The van der Waals surface area contributed by atoms with E-state index in [1.807, 2.05) is 0 Å². The Bertz CT molecular complexity index is 196. The lowest BCUT2D eigenvalue weighted by Crippen LogP contribution is -2.37. The van der Waals surface area contributed by atoms with Crippen molar-refractivity contribution in [3.8, 4) is 0 Å². The van der Waals surface area contributed by atoms with E-state index in [1.165, 1.54) is 0 Å². The first-order valence-corrected chi connectivity index (χ1v) is 5.65. The molecule has 0 spiro atoms. The Morgan fingerprint density at radius 3 is 2.40 bits per heavy atom. The van der Waals surface area contributed by atoms with Crippen molar-refractivity contribution in [2.75, 3.05) is 6.54 Å². The highest BCUT2D eigenvalue weighted by atomic mass is 35.7. The molecule has 0 bridgehead atoms. The maximum Gasteiger partial charge on any atom is 0.248 e. The third kappa shape index (κ3) is 2.11. The van der Waals surface area contributed by atoms with Crippen molar-refractivity contribution in [3.63, 3.8) is 0 Å². The van der Waals surface area contributed by atoms with Crippen molar-refractivity contribution < 1.29 is 8.42 Å². The molecule has 0 aromatic heterocycles. The summed E-state index contributed by atoms with van der Waals surface area (Å²) in [5.74, 6) is 0. The lowest BCUT2D eigenvalue weighted by atomic mass is 10.2. The van der Waals surface area contributed by atoms with Crippen molar-refractivity contribution in [2.24, 2.45) is 0 Å². The van der Waals surface area contributed by atoms with Crippen molar-refractivity contribution in [2.45, 2.75) is 24.6 Å². The predicted molar refractivity (Wildman–Crippen MR) is 40.4 cm³/mol. The Kier molecular flexibility index (Phi) is 2.55. The van der Waals surface area contributed by atoms with Gasteiger partial charge in [-0.15, -0.1) is 0 Å². The van der Waals surface area contributed by atoms with E-state index in [1.54, 1.807) is 0 Å². The minimum atomic E-state index is -3.36. The molecule has 0 aromatic carbocycles. The Morgan fingerprint density at radius 2 is 2.10 bits per heavy atom. The smallest absolute Gasteiger partial charge is 0.248 e. The fraction of sp³-hybridized carbons (Fsp3) is 1.00. The van der Waals surface area contributed by atoms with Crippen LogP contribution in [0, 0.1) is 0 Å². The van der Waals surface area contributed by atoms with E-state index in [0.717, 1.165) is 19.4 Å². The van der Waals surface area contributed by atoms with Gasteiger partial charge in [-0.1, -0.05) is 0 Å². The SMILES string of the molecule is O=S(=O)(Cl)C1CCCCN1. The first-order chi connectivity index (χ1) is 4.61. The van der Waals surface area contributed by atoms with Gasteiger partial charge in [-0.3, -0.25) is 0 Å². The van der Waals surface area contributed by atoms with Gasteiger partial charge < -0.3 is 5.32 Å². The summed E-state index contributed by atoms with van der Waals surface area (Å²) in [7, 11) is 1.76. The standard InChI is InChI=1S/C5H10ClNO2S/c6-10(8,9)5-3-1-2-4-7-5/h5,7H,1-4H2. The highest BCUT2D eigenvalue weighted by Gasteiger charge is 2.23. The summed E-state index contributed by atoms with van der Waals surface area (Å²) in [6, 6.07) is 0. The second-order valence-corrected chi connectivity index (χ2v) is 5.22. The molecule has 1 saturated heterocycles. The molecular weight excluding hydrogens is 174 g/mol. The number of halogens is 1. The van der Waals surface area contributed by atoms with Crippen LogP contribution in [0.1, 0.15) is 19.3 Å². The van der Waals surface area contributed by atoms with Crippen LogP contribution in [-0.2, 0) is 9.05 Å². The maximum absolute atomic E-state index is 10.7. The van der Waals surface area contributed by atoms with Crippen molar-refractivity contribution in [3.05, 3.63) is 0 Å². The minimum Gasteiger partial charge on any atom is -0.300 e. The molecule has 1 aliphatic rings. The number of piperidine rings is 1. The molecule has 0 aromatic rings. The number of rotatable bonds is 1. The zero-order valence-electron chi connectivity index (χ0n) is 5.51. The van der Waals surface area contributed by atoms with E-state index < -0.39 is 14.4 Å². The van der Waals surface area contributed by atoms with Gasteiger partial charge in [0.2, 0.25) is 9.05 Å². The summed E-state index contributed by atoms with van der Waals surface area (Å²) in [5, 5.41) is 2.33. The fourth-order valence-corrected chi connectivity index (χ4v) is 2.28. The summed E-state index contributed by atoms with van der Waals surface area (Å²) in [6.45, 7) is 0.761. The normalized spacial score (nSPS) is 28.3. The highest BCUT2D eigenvalue weighted by molar-refractivity contribution is 8.14. The zero-order chi connectivity index (χ0) is 7.61. The summed E-state index contributed by atoms with van der Waals surface area (Å²) in [6.07, 6.45) is 2.64. The Hall–Kier alpha value is 0.200. The van der Waals surface area contributed by atoms with Crippen LogP contribution in [-0.4, -0.2) is 20.3 Å². The number of hydrogen-bond donors (Lipinski definition) is 1. The quantitative estimate of drug-likeness (QED) is 0.608. The van der Waals surface area contributed by atoms with Gasteiger partial charge in [-0.2, -0.15) is 0 Å². The summed E-state index contributed by atoms with van der Waals surface area (Å²) in [5.41, 5.74) is 0. The molecule has 60 valence electrons. The van der Waals surface area contributed by atoms with Crippen LogP contribution in [0.3, 0.4) is 0 Å².